The Labute approximate surface area is 185 Å². The highest BCUT2D eigenvalue weighted by atomic mass is 127. The lowest BCUT2D eigenvalue weighted by molar-refractivity contribution is 0.355. The van der Waals surface area contributed by atoms with E-state index in [9.17, 15) is 0 Å². The molecule has 0 aliphatic rings. The number of hydrogen-bond donors (Lipinski definition) is 2. The molecule has 0 aliphatic heterocycles. The second-order valence-electron chi connectivity index (χ2n) is 5.35. The van der Waals surface area contributed by atoms with Gasteiger partial charge in [-0.05, 0) is 37.3 Å². The molecule has 0 radical (unpaired) electrons. The van der Waals surface area contributed by atoms with Crippen LogP contribution in [0.15, 0.2) is 45.9 Å². The number of aliphatic imine (C=N–C) groups is 1. The Balaban J connectivity index is 0.00000364. The third kappa shape index (κ3) is 6.76. The highest BCUT2D eigenvalue weighted by Crippen LogP contribution is 2.29. The lowest BCUT2D eigenvalue weighted by atomic mass is 10.2. The Kier molecular flexibility index (Phi) is 10.3. The summed E-state index contributed by atoms with van der Waals surface area (Å²) in [5.74, 6) is 2.81. The summed E-state index contributed by atoms with van der Waals surface area (Å²) in [6.07, 6.45) is 0. The Morgan fingerprint density at radius 1 is 0.963 bits per heavy atom. The van der Waals surface area contributed by atoms with E-state index in [2.05, 4.69) is 31.6 Å². The molecule has 2 aromatic rings. The molecule has 0 fully saturated rings. The molecule has 0 bridgehead atoms. The SMILES string of the molecule is CCNC(=NCc1cc(Br)ccc1OC)Nc1ccc(OC)c(OC)c1.I. The molecule has 0 saturated heterocycles. The minimum absolute atomic E-state index is 0. The van der Waals surface area contributed by atoms with Crippen LogP contribution in [-0.2, 0) is 6.54 Å². The third-order valence-corrected chi connectivity index (χ3v) is 4.13. The smallest absolute Gasteiger partial charge is 0.196 e. The highest BCUT2D eigenvalue weighted by Gasteiger charge is 2.07. The Bertz CT molecular complexity index is 772. The summed E-state index contributed by atoms with van der Waals surface area (Å²) >= 11 is 3.49. The topological polar surface area (TPSA) is 64.1 Å². The predicted molar refractivity (Wildman–Crippen MR) is 124 cm³/mol. The normalized spacial score (nSPS) is 10.6. The molecule has 2 aromatic carbocycles. The largest absolute Gasteiger partial charge is 0.496 e. The number of benzene rings is 2. The zero-order valence-corrected chi connectivity index (χ0v) is 19.8. The van der Waals surface area contributed by atoms with Crippen molar-refractivity contribution >= 4 is 51.6 Å². The van der Waals surface area contributed by atoms with Crippen LogP contribution in [0, 0.1) is 0 Å². The highest BCUT2D eigenvalue weighted by molar-refractivity contribution is 14.0. The minimum Gasteiger partial charge on any atom is -0.496 e. The van der Waals surface area contributed by atoms with Gasteiger partial charge in [0.15, 0.2) is 17.5 Å². The van der Waals surface area contributed by atoms with Crippen LogP contribution in [0.5, 0.6) is 17.2 Å². The summed E-state index contributed by atoms with van der Waals surface area (Å²) in [5, 5.41) is 6.51. The molecule has 8 heteroatoms. The Hall–Kier alpha value is -1.68. The molecule has 0 aromatic heterocycles. The van der Waals surface area contributed by atoms with Crippen LogP contribution in [0.1, 0.15) is 12.5 Å². The first-order valence-corrected chi connectivity index (χ1v) is 9.00. The number of hydrogen-bond acceptors (Lipinski definition) is 4. The van der Waals surface area contributed by atoms with Crippen molar-refractivity contribution < 1.29 is 14.2 Å². The predicted octanol–water partition coefficient (Wildman–Crippen LogP) is 4.67. The van der Waals surface area contributed by atoms with Gasteiger partial charge < -0.3 is 24.8 Å². The van der Waals surface area contributed by atoms with Gasteiger partial charge in [0.2, 0.25) is 0 Å². The molecule has 0 aliphatic carbocycles. The number of anilines is 1. The average Bonchev–Trinajstić information content (AvgIpc) is 2.66. The van der Waals surface area contributed by atoms with Gasteiger partial charge in [0.1, 0.15) is 5.75 Å². The second kappa shape index (κ2) is 11.9. The van der Waals surface area contributed by atoms with Gasteiger partial charge in [-0.25, -0.2) is 4.99 Å². The summed E-state index contributed by atoms with van der Waals surface area (Å²) in [4.78, 5) is 4.65. The zero-order valence-electron chi connectivity index (χ0n) is 15.8. The maximum atomic E-state index is 5.41. The molecule has 27 heavy (non-hydrogen) atoms. The first-order valence-electron chi connectivity index (χ1n) is 8.21. The summed E-state index contributed by atoms with van der Waals surface area (Å²) in [5.41, 5.74) is 1.84. The number of nitrogens with zero attached hydrogens (tertiary/aromatic N) is 1. The first-order chi connectivity index (χ1) is 12.6. The molecular formula is C19H25BrIN3O3. The Morgan fingerprint density at radius 3 is 2.26 bits per heavy atom. The van der Waals surface area contributed by atoms with Gasteiger partial charge in [-0.3, -0.25) is 0 Å². The number of guanidine groups is 1. The lowest BCUT2D eigenvalue weighted by Gasteiger charge is -2.14. The van der Waals surface area contributed by atoms with Crippen LogP contribution < -0.4 is 24.8 Å². The maximum Gasteiger partial charge on any atom is 0.196 e. The van der Waals surface area contributed by atoms with E-state index in [1.807, 2.05) is 43.3 Å². The molecule has 0 unspecified atom stereocenters. The van der Waals surface area contributed by atoms with Crippen LogP contribution in [0.3, 0.4) is 0 Å². The molecule has 148 valence electrons. The van der Waals surface area contributed by atoms with Crippen molar-refractivity contribution in [3.8, 4) is 17.2 Å². The second-order valence-corrected chi connectivity index (χ2v) is 6.26. The van der Waals surface area contributed by atoms with Crippen LogP contribution in [-0.4, -0.2) is 33.8 Å². The molecule has 2 rings (SSSR count). The van der Waals surface area contributed by atoms with E-state index < -0.39 is 0 Å². The molecule has 0 saturated carbocycles. The minimum atomic E-state index is 0. The van der Waals surface area contributed by atoms with E-state index >= 15 is 0 Å². The lowest BCUT2D eigenvalue weighted by Crippen LogP contribution is -2.30. The van der Waals surface area contributed by atoms with Crippen molar-refractivity contribution in [3.05, 3.63) is 46.4 Å². The molecule has 0 atom stereocenters. The first kappa shape index (κ1) is 23.4. The quantitative estimate of drug-likeness (QED) is 0.298. The van der Waals surface area contributed by atoms with E-state index in [4.69, 9.17) is 14.2 Å². The van der Waals surface area contributed by atoms with Crippen LogP contribution in [0.2, 0.25) is 0 Å². The van der Waals surface area contributed by atoms with Crippen molar-refractivity contribution in [3.63, 3.8) is 0 Å². The third-order valence-electron chi connectivity index (χ3n) is 3.64. The van der Waals surface area contributed by atoms with Gasteiger partial charge >= 0.3 is 0 Å². The fourth-order valence-corrected chi connectivity index (χ4v) is 2.80. The van der Waals surface area contributed by atoms with Gasteiger partial charge in [-0.1, -0.05) is 15.9 Å². The van der Waals surface area contributed by atoms with Crippen LogP contribution in [0.4, 0.5) is 5.69 Å². The van der Waals surface area contributed by atoms with E-state index in [0.717, 1.165) is 28.0 Å². The van der Waals surface area contributed by atoms with Crippen LogP contribution in [0.25, 0.3) is 0 Å². The summed E-state index contributed by atoms with van der Waals surface area (Å²) in [7, 11) is 4.88. The zero-order chi connectivity index (χ0) is 18.9. The molecule has 6 nitrogen and oxygen atoms in total. The van der Waals surface area contributed by atoms with Crippen molar-refractivity contribution in [1.29, 1.82) is 0 Å². The number of nitrogens with one attached hydrogen (secondary N) is 2. The summed E-state index contributed by atoms with van der Waals surface area (Å²) in [6.45, 7) is 3.24. The number of methoxy groups -OCH3 is 3. The molecular weight excluding hydrogens is 525 g/mol. The fourth-order valence-electron chi connectivity index (χ4n) is 2.39. The summed E-state index contributed by atoms with van der Waals surface area (Å²) < 4.78 is 17.0. The molecule has 0 heterocycles. The monoisotopic (exact) mass is 549 g/mol. The van der Waals surface area contributed by atoms with E-state index in [1.54, 1.807) is 21.3 Å². The van der Waals surface area contributed by atoms with E-state index in [1.165, 1.54) is 0 Å². The number of rotatable bonds is 7. The van der Waals surface area contributed by atoms with Crippen molar-refractivity contribution in [2.45, 2.75) is 13.5 Å². The van der Waals surface area contributed by atoms with Crippen molar-refractivity contribution in [1.82, 2.24) is 5.32 Å². The Morgan fingerprint density at radius 2 is 1.63 bits per heavy atom. The van der Waals surface area contributed by atoms with Crippen molar-refractivity contribution in [2.24, 2.45) is 4.99 Å². The summed E-state index contributed by atoms with van der Waals surface area (Å²) in [6, 6.07) is 11.5. The molecule has 2 N–H and O–H groups in total. The van der Waals surface area contributed by atoms with E-state index in [0.29, 0.717) is 24.0 Å². The standard InChI is InChI=1S/C19H24BrN3O3.HI/c1-5-21-19(22-12-13-10-14(20)6-8-16(13)24-2)23-15-7-9-17(25-3)18(11-15)26-4;/h6-11H,5,12H2,1-4H3,(H2,21,22,23);1H. The average molecular weight is 550 g/mol. The van der Waals surface area contributed by atoms with E-state index in [-0.39, 0.29) is 24.0 Å². The number of halogens is 2. The van der Waals surface area contributed by atoms with Crippen LogP contribution >= 0.6 is 39.9 Å². The molecule has 0 spiro atoms. The van der Waals surface area contributed by atoms with Gasteiger partial charge in [-0.2, -0.15) is 0 Å². The fraction of sp³-hybridized carbons (Fsp3) is 0.316. The van der Waals surface area contributed by atoms with Gasteiger partial charge in [0.05, 0.1) is 27.9 Å². The van der Waals surface area contributed by atoms with Gasteiger partial charge in [0.25, 0.3) is 0 Å². The van der Waals surface area contributed by atoms with Gasteiger partial charge in [-0.15, -0.1) is 24.0 Å². The number of ether oxygens (including phenoxy) is 3. The van der Waals surface area contributed by atoms with Crippen molar-refractivity contribution in [2.75, 3.05) is 33.2 Å². The van der Waals surface area contributed by atoms with Gasteiger partial charge in [0, 0.05) is 28.3 Å². The molecule has 0 amide bonds. The maximum absolute atomic E-state index is 5.41.